The third-order valence-corrected chi connectivity index (χ3v) is 7.32. The molecule has 0 fully saturated rings. The van der Waals surface area contributed by atoms with Gasteiger partial charge in [-0.05, 0) is 48.3 Å². The fourth-order valence-corrected chi connectivity index (χ4v) is 4.96. The Morgan fingerprint density at radius 3 is 2.74 bits per heavy atom. The van der Waals surface area contributed by atoms with E-state index in [0.29, 0.717) is 16.3 Å². The smallest absolute Gasteiger partial charge is 0.438 e. The minimum Gasteiger partial charge on any atom is -0.438 e. The first-order chi connectivity index (χ1) is 17.9. The Bertz CT molecular complexity index is 1320. The van der Waals surface area contributed by atoms with Gasteiger partial charge in [0.15, 0.2) is 0 Å². The van der Waals surface area contributed by atoms with Gasteiger partial charge < -0.3 is 19.6 Å². The fourth-order valence-electron chi connectivity index (χ4n) is 3.39. The molecule has 0 saturated heterocycles. The summed E-state index contributed by atoms with van der Waals surface area (Å²) in [7, 11) is -3.12. The van der Waals surface area contributed by atoms with Crippen LogP contribution >= 0.6 is 31.2 Å². The second-order valence-corrected chi connectivity index (χ2v) is 10.9. The summed E-state index contributed by atoms with van der Waals surface area (Å²) in [5.74, 6) is -1.07. The number of nitrogens with zero attached hydrogens (tertiary/aromatic N) is 2. The normalized spacial score (nSPS) is 13.5. The molecule has 1 heterocycles. The first-order valence-electron chi connectivity index (χ1n) is 11.0. The maximum absolute atomic E-state index is 13.9. The number of thioether (sulfide) groups is 1. The summed E-state index contributed by atoms with van der Waals surface area (Å²) in [6.07, 6.45) is -0.679. The van der Waals surface area contributed by atoms with Gasteiger partial charge in [-0.2, -0.15) is 0 Å². The number of hydrogen-bond donors (Lipinski definition) is 4. The van der Waals surface area contributed by atoms with Crippen LogP contribution in [0.2, 0.25) is 5.02 Å². The first kappa shape index (κ1) is 30.2. The van der Waals surface area contributed by atoms with Crippen molar-refractivity contribution in [3.8, 4) is 0 Å². The lowest BCUT2D eigenvalue weighted by molar-refractivity contribution is 0.0678. The number of aliphatic hydroxyl groups excluding tert-OH is 1. The van der Waals surface area contributed by atoms with Gasteiger partial charge >= 0.3 is 13.9 Å². The van der Waals surface area contributed by atoms with Crippen molar-refractivity contribution in [2.75, 3.05) is 24.9 Å². The van der Waals surface area contributed by atoms with Crippen LogP contribution in [-0.2, 0) is 20.4 Å². The predicted octanol–water partition coefficient (Wildman–Crippen LogP) is 4.72. The van der Waals surface area contributed by atoms with Crippen LogP contribution < -0.4 is 5.32 Å². The monoisotopic (exact) mass is 591 g/mol. The van der Waals surface area contributed by atoms with E-state index < -0.39 is 43.6 Å². The number of nitrogens with one attached hydrogen (secondary N) is 1. The molecule has 0 aliphatic carbocycles. The molecular weight excluding hydrogens is 567 g/mol. The summed E-state index contributed by atoms with van der Waals surface area (Å²) in [5, 5.41) is 13.3. The molecule has 1 unspecified atom stereocenters. The summed E-state index contributed by atoms with van der Waals surface area (Å²) in [4.78, 5) is 35.8. The molecule has 4 N–H and O–H groups in total. The molecule has 2 atom stereocenters. The highest BCUT2D eigenvalue weighted by Gasteiger charge is 2.24. The number of aliphatic hydroxyl groups is 1. The Morgan fingerprint density at radius 1 is 1.24 bits per heavy atom. The number of aromatic nitrogens is 1. The average Bonchev–Trinajstić information content (AvgIpc) is 2.84. The highest BCUT2D eigenvalue weighted by Crippen LogP contribution is 2.36. The number of hydrogen-bond acceptors (Lipinski definition) is 8. The molecule has 38 heavy (non-hydrogen) atoms. The Morgan fingerprint density at radius 2 is 2.00 bits per heavy atom. The summed E-state index contributed by atoms with van der Waals surface area (Å²) in [6.45, 7) is -0.477. The molecule has 3 rings (SSSR count). The van der Waals surface area contributed by atoms with Gasteiger partial charge in [0.05, 0.1) is 23.1 Å². The highest BCUT2D eigenvalue weighted by molar-refractivity contribution is 7.99. The lowest BCUT2D eigenvalue weighted by atomic mass is 10.2. The van der Waals surface area contributed by atoms with Gasteiger partial charge in [0.25, 0.3) is 0 Å². The van der Waals surface area contributed by atoms with E-state index in [1.165, 1.54) is 36.5 Å². The van der Waals surface area contributed by atoms with Crippen LogP contribution in [0.5, 0.6) is 0 Å². The van der Waals surface area contributed by atoms with E-state index in [4.69, 9.17) is 26.1 Å². The number of rotatable bonds is 12. The minimum atomic E-state index is -4.78. The molecule has 10 nitrogen and oxygen atoms in total. The molecule has 1 aromatic heterocycles. The lowest BCUT2D eigenvalue weighted by Crippen LogP contribution is -2.34. The third kappa shape index (κ3) is 9.44. The van der Waals surface area contributed by atoms with Crippen LogP contribution in [0.15, 0.2) is 48.7 Å². The molecule has 15 heteroatoms. The van der Waals surface area contributed by atoms with E-state index in [1.54, 1.807) is 24.1 Å². The van der Waals surface area contributed by atoms with E-state index in [2.05, 4.69) is 14.8 Å². The number of phosphoric acid groups is 1. The SMILES string of the molecule is CN(Cc1cccc(F)c1Cl)[C@@H](CC(O)COP(=O)(O)O)SCOC(=O)Nc1cc2cc(F)ccc2cn1. The molecule has 0 aliphatic heterocycles. The van der Waals surface area contributed by atoms with Crippen LogP contribution in [0.25, 0.3) is 10.8 Å². The average molecular weight is 592 g/mol. The van der Waals surface area contributed by atoms with Crippen molar-refractivity contribution < 1.29 is 42.3 Å². The van der Waals surface area contributed by atoms with Gasteiger partial charge in [0, 0.05) is 24.5 Å². The van der Waals surface area contributed by atoms with Crippen molar-refractivity contribution >= 4 is 53.9 Å². The number of benzene rings is 2. The number of carbonyl (C=O) groups is 1. The molecule has 0 radical (unpaired) electrons. The number of anilines is 1. The molecule has 206 valence electrons. The van der Waals surface area contributed by atoms with Gasteiger partial charge in [0.2, 0.25) is 0 Å². The molecule has 0 saturated carbocycles. The van der Waals surface area contributed by atoms with Crippen LogP contribution in [0, 0.1) is 11.6 Å². The number of pyridine rings is 1. The fraction of sp³-hybridized carbons (Fsp3) is 0.304. The summed E-state index contributed by atoms with van der Waals surface area (Å²) >= 11 is 7.14. The van der Waals surface area contributed by atoms with E-state index in [9.17, 15) is 23.2 Å². The first-order valence-corrected chi connectivity index (χ1v) is 14.0. The van der Waals surface area contributed by atoms with E-state index in [1.807, 2.05) is 0 Å². The van der Waals surface area contributed by atoms with Gasteiger partial charge in [-0.15, -0.1) is 11.8 Å². The molecule has 3 aromatic rings. The largest absolute Gasteiger partial charge is 0.469 e. The van der Waals surface area contributed by atoms with Gasteiger partial charge in [-0.3, -0.25) is 14.7 Å². The van der Waals surface area contributed by atoms with Gasteiger partial charge in [-0.1, -0.05) is 23.7 Å². The van der Waals surface area contributed by atoms with Crippen molar-refractivity contribution in [1.82, 2.24) is 9.88 Å². The summed E-state index contributed by atoms with van der Waals surface area (Å²) in [6, 6.07) is 9.99. The number of amides is 1. The summed E-state index contributed by atoms with van der Waals surface area (Å²) in [5.41, 5.74) is 0.471. The van der Waals surface area contributed by atoms with E-state index in [-0.39, 0.29) is 29.7 Å². The maximum Gasteiger partial charge on any atom is 0.469 e. The van der Waals surface area contributed by atoms with E-state index >= 15 is 0 Å². The number of fused-ring (bicyclic) bond motifs is 1. The second kappa shape index (κ2) is 13.6. The molecule has 1 amide bonds. The second-order valence-electron chi connectivity index (χ2n) is 8.16. The maximum atomic E-state index is 13.9. The number of phosphoric ester groups is 1. The van der Waals surface area contributed by atoms with Crippen molar-refractivity contribution in [3.63, 3.8) is 0 Å². The van der Waals surface area contributed by atoms with E-state index in [0.717, 1.165) is 11.8 Å². The highest BCUT2D eigenvalue weighted by atomic mass is 35.5. The van der Waals surface area contributed by atoms with Crippen LogP contribution in [0.1, 0.15) is 12.0 Å². The number of halogens is 3. The topological polar surface area (TPSA) is 141 Å². The van der Waals surface area contributed by atoms with Crippen molar-refractivity contribution in [2.45, 2.75) is 24.4 Å². The van der Waals surface area contributed by atoms with Crippen molar-refractivity contribution in [3.05, 3.63) is 70.9 Å². The van der Waals surface area contributed by atoms with Crippen LogP contribution in [0.3, 0.4) is 0 Å². The van der Waals surface area contributed by atoms with Gasteiger partial charge in [0.1, 0.15) is 23.4 Å². The summed E-state index contributed by atoms with van der Waals surface area (Å²) < 4.78 is 47.9. The molecule has 2 aromatic carbocycles. The van der Waals surface area contributed by atoms with Crippen molar-refractivity contribution in [1.29, 1.82) is 0 Å². The Balaban J connectivity index is 1.61. The zero-order valence-electron chi connectivity index (χ0n) is 20.0. The number of ether oxygens (including phenoxy) is 1. The Kier molecular flexibility index (Phi) is 10.8. The molecular formula is C23H25ClF2N3O7PS. The van der Waals surface area contributed by atoms with Crippen LogP contribution in [-0.4, -0.2) is 61.9 Å². The molecule has 0 aliphatic rings. The number of carbonyl (C=O) groups excluding carboxylic acids is 1. The minimum absolute atomic E-state index is 0.0448. The molecule has 0 spiro atoms. The molecule has 0 bridgehead atoms. The predicted molar refractivity (Wildman–Crippen MR) is 140 cm³/mol. The Hall–Kier alpha value is -2.35. The van der Waals surface area contributed by atoms with Crippen molar-refractivity contribution in [2.24, 2.45) is 0 Å². The zero-order valence-corrected chi connectivity index (χ0v) is 22.4. The Labute approximate surface area is 226 Å². The lowest BCUT2D eigenvalue weighted by Gasteiger charge is -2.29. The standard InChI is InChI=1S/C23H25ClF2N3O7PS/c1-29(11-15-3-2-4-19(26)22(15)24)21(9-18(30)12-36-37(32,33)34)38-13-35-23(31)28-20-8-16-7-17(25)6-5-14(16)10-27-20/h2-8,10,18,21,30H,9,11-13H2,1H3,(H,27,28,31)(H2,32,33,34)/t18?,21-/m1/s1. The third-order valence-electron chi connectivity index (χ3n) is 5.22. The quantitative estimate of drug-likeness (QED) is 0.173. The zero-order chi connectivity index (χ0) is 27.9. The van der Waals surface area contributed by atoms with Gasteiger partial charge in [-0.25, -0.2) is 23.1 Å². The van der Waals surface area contributed by atoms with Crippen LogP contribution in [0.4, 0.5) is 19.4 Å².